The van der Waals surface area contributed by atoms with Gasteiger partial charge in [-0.3, -0.25) is 19.3 Å². The van der Waals surface area contributed by atoms with Crippen LogP contribution in [0.3, 0.4) is 0 Å². The van der Waals surface area contributed by atoms with E-state index < -0.39 is 18.1 Å². The molecule has 3 atom stereocenters. The van der Waals surface area contributed by atoms with Crippen molar-refractivity contribution >= 4 is 17.5 Å². The van der Waals surface area contributed by atoms with Crippen molar-refractivity contribution in [3.63, 3.8) is 0 Å². The van der Waals surface area contributed by atoms with Gasteiger partial charge in [0.1, 0.15) is 5.92 Å². The number of hydrogen-bond acceptors (Lipinski definition) is 6. The summed E-state index contributed by atoms with van der Waals surface area (Å²) < 4.78 is 5.16. The Hall–Kier alpha value is -3.84. The van der Waals surface area contributed by atoms with Gasteiger partial charge in [0.25, 0.3) is 5.91 Å². The number of ether oxygens (including phenoxy) is 1. The summed E-state index contributed by atoms with van der Waals surface area (Å²) in [5, 5.41) is 12.0. The molecule has 2 aliphatic heterocycles. The van der Waals surface area contributed by atoms with Crippen LogP contribution in [0, 0.1) is 5.92 Å². The summed E-state index contributed by atoms with van der Waals surface area (Å²) in [6.45, 7) is 0.195. The molecule has 7 heteroatoms. The highest BCUT2D eigenvalue weighted by Crippen LogP contribution is 2.48. The monoisotopic (exact) mass is 430 g/mol. The van der Waals surface area contributed by atoms with E-state index in [0.29, 0.717) is 11.3 Å². The van der Waals surface area contributed by atoms with Crippen LogP contribution >= 0.6 is 0 Å². The summed E-state index contributed by atoms with van der Waals surface area (Å²) in [7, 11) is 1.47. The first kappa shape index (κ1) is 20.1. The minimum Gasteiger partial charge on any atom is -0.504 e. The van der Waals surface area contributed by atoms with E-state index in [1.165, 1.54) is 12.0 Å². The quantitative estimate of drug-likeness (QED) is 0.625. The van der Waals surface area contributed by atoms with E-state index in [1.54, 1.807) is 23.3 Å². The van der Waals surface area contributed by atoms with Gasteiger partial charge in [-0.25, -0.2) is 5.06 Å². The fourth-order valence-electron chi connectivity index (χ4n) is 4.42. The standard InChI is InChI=1S/C25H22N2O5/c1-31-20-13-12-17(14-19(20)28)22-21-23(32-27(22)18-10-6-3-7-11-18)25(30)26(24(21)29)15-16-8-4-2-5-9-16/h2-14,21-23,28H,15H2,1H3/t21-,22+,23-/m0/s1. The van der Waals surface area contributed by atoms with Crippen LogP contribution in [0.25, 0.3) is 0 Å². The molecule has 0 spiro atoms. The number of benzene rings is 3. The molecule has 2 fully saturated rings. The molecule has 2 heterocycles. The predicted molar refractivity (Wildman–Crippen MR) is 117 cm³/mol. The number of methoxy groups -OCH3 is 1. The topological polar surface area (TPSA) is 79.3 Å². The number of carbonyl (C=O) groups excluding carboxylic acids is 2. The SMILES string of the molecule is COc1ccc([C@@H]2[C@@H]3C(=O)N(Cc4ccccc4)C(=O)[C@H]3ON2c2ccccc2)cc1O. The maximum absolute atomic E-state index is 13.5. The lowest BCUT2D eigenvalue weighted by Crippen LogP contribution is -2.36. The molecule has 1 N–H and O–H groups in total. The summed E-state index contributed by atoms with van der Waals surface area (Å²) in [5.41, 5.74) is 2.24. The fourth-order valence-corrected chi connectivity index (χ4v) is 4.42. The Morgan fingerprint density at radius 1 is 0.938 bits per heavy atom. The van der Waals surface area contributed by atoms with E-state index in [0.717, 1.165) is 11.3 Å². The van der Waals surface area contributed by atoms with Crippen LogP contribution in [0.4, 0.5) is 5.69 Å². The van der Waals surface area contributed by atoms with E-state index in [-0.39, 0.29) is 24.1 Å². The first-order chi connectivity index (χ1) is 15.6. The number of hydrogen-bond donors (Lipinski definition) is 1. The Morgan fingerprint density at radius 3 is 2.28 bits per heavy atom. The van der Waals surface area contributed by atoms with E-state index in [4.69, 9.17) is 9.57 Å². The van der Waals surface area contributed by atoms with E-state index in [2.05, 4.69) is 0 Å². The Morgan fingerprint density at radius 2 is 1.62 bits per heavy atom. The van der Waals surface area contributed by atoms with E-state index >= 15 is 0 Å². The Balaban J connectivity index is 1.54. The summed E-state index contributed by atoms with van der Waals surface area (Å²) in [4.78, 5) is 34.0. The number of fused-ring (bicyclic) bond motifs is 1. The number of para-hydroxylation sites is 1. The van der Waals surface area contributed by atoms with Crippen molar-refractivity contribution in [1.29, 1.82) is 0 Å². The Labute approximate surface area is 185 Å². The Kier molecular flexibility index (Phi) is 5.03. The van der Waals surface area contributed by atoms with Crippen molar-refractivity contribution in [2.24, 2.45) is 5.92 Å². The number of imide groups is 1. The van der Waals surface area contributed by atoms with Gasteiger partial charge in [0.15, 0.2) is 17.6 Å². The lowest BCUT2D eigenvalue weighted by molar-refractivity contribution is -0.143. The van der Waals surface area contributed by atoms with Crippen molar-refractivity contribution < 1.29 is 24.3 Å². The number of phenols is 1. The number of aromatic hydroxyl groups is 1. The highest BCUT2D eigenvalue weighted by Gasteiger charge is 2.59. The molecule has 0 aliphatic carbocycles. The molecule has 3 aromatic rings. The molecule has 32 heavy (non-hydrogen) atoms. The van der Waals surface area contributed by atoms with Crippen LogP contribution < -0.4 is 9.80 Å². The van der Waals surface area contributed by atoms with Crippen LogP contribution in [-0.4, -0.2) is 35.0 Å². The third-order valence-corrected chi connectivity index (χ3v) is 5.95. The first-order valence-corrected chi connectivity index (χ1v) is 10.4. The summed E-state index contributed by atoms with van der Waals surface area (Å²) in [5.74, 6) is -1.10. The highest BCUT2D eigenvalue weighted by molar-refractivity contribution is 6.07. The van der Waals surface area contributed by atoms with Gasteiger partial charge in [0.2, 0.25) is 5.91 Å². The average Bonchev–Trinajstić information content (AvgIpc) is 3.32. The molecule has 2 aliphatic rings. The van der Waals surface area contributed by atoms with Gasteiger partial charge in [-0.05, 0) is 35.4 Å². The molecule has 2 saturated heterocycles. The zero-order valence-corrected chi connectivity index (χ0v) is 17.4. The molecule has 162 valence electrons. The molecule has 7 nitrogen and oxygen atoms in total. The van der Waals surface area contributed by atoms with Gasteiger partial charge in [-0.1, -0.05) is 54.6 Å². The zero-order chi connectivity index (χ0) is 22.2. The molecule has 0 saturated carbocycles. The second-order valence-electron chi connectivity index (χ2n) is 7.84. The number of carbonyl (C=O) groups is 2. The van der Waals surface area contributed by atoms with Gasteiger partial charge in [-0.2, -0.15) is 0 Å². The van der Waals surface area contributed by atoms with Crippen LogP contribution in [0.5, 0.6) is 11.5 Å². The minimum absolute atomic E-state index is 0.0422. The van der Waals surface area contributed by atoms with E-state index in [9.17, 15) is 14.7 Å². The molecule has 5 rings (SSSR count). The van der Waals surface area contributed by atoms with Crippen LogP contribution in [0.2, 0.25) is 0 Å². The van der Waals surface area contributed by atoms with Crippen molar-refractivity contribution in [1.82, 2.24) is 4.90 Å². The summed E-state index contributed by atoms with van der Waals surface area (Å²) in [6.07, 6.45) is -0.930. The molecule has 0 aromatic heterocycles. The number of rotatable bonds is 5. The van der Waals surface area contributed by atoms with Crippen molar-refractivity contribution in [3.8, 4) is 11.5 Å². The van der Waals surface area contributed by atoms with Crippen LogP contribution in [0.1, 0.15) is 17.2 Å². The molecule has 0 bridgehead atoms. The molecule has 0 radical (unpaired) electrons. The minimum atomic E-state index is -0.930. The molecular formula is C25H22N2O5. The fraction of sp³-hybridized carbons (Fsp3) is 0.200. The third kappa shape index (κ3) is 3.27. The van der Waals surface area contributed by atoms with Crippen molar-refractivity contribution in [2.75, 3.05) is 12.2 Å². The smallest absolute Gasteiger partial charge is 0.262 e. The number of amides is 2. The normalized spacial score (nSPS) is 22.3. The predicted octanol–water partition coefficient (Wildman–Crippen LogP) is 3.45. The summed E-state index contributed by atoms with van der Waals surface area (Å²) in [6, 6.07) is 23.1. The second-order valence-corrected chi connectivity index (χ2v) is 7.84. The van der Waals surface area contributed by atoms with Crippen molar-refractivity contribution in [2.45, 2.75) is 18.7 Å². The van der Waals surface area contributed by atoms with Gasteiger partial charge in [0, 0.05) is 0 Å². The highest BCUT2D eigenvalue weighted by atomic mass is 16.7. The van der Waals surface area contributed by atoms with Crippen LogP contribution in [0.15, 0.2) is 78.9 Å². The maximum Gasteiger partial charge on any atom is 0.262 e. The van der Waals surface area contributed by atoms with Crippen LogP contribution in [-0.2, 0) is 21.0 Å². The molecule has 2 amide bonds. The van der Waals surface area contributed by atoms with E-state index in [1.807, 2.05) is 60.7 Å². The summed E-state index contributed by atoms with van der Waals surface area (Å²) >= 11 is 0. The largest absolute Gasteiger partial charge is 0.504 e. The maximum atomic E-state index is 13.5. The Bertz CT molecular complexity index is 1150. The molecule has 0 unspecified atom stereocenters. The molecular weight excluding hydrogens is 408 g/mol. The zero-order valence-electron chi connectivity index (χ0n) is 17.4. The number of nitrogens with zero attached hydrogens (tertiary/aromatic N) is 2. The van der Waals surface area contributed by atoms with Crippen molar-refractivity contribution in [3.05, 3.63) is 90.0 Å². The lowest BCUT2D eigenvalue weighted by atomic mass is 9.90. The number of phenolic OH excluding ortho intramolecular Hbond substituents is 1. The first-order valence-electron chi connectivity index (χ1n) is 10.4. The number of hydroxylamine groups is 1. The third-order valence-electron chi connectivity index (χ3n) is 5.95. The van der Waals surface area contributed by atoms with Gasteiger partial charge >= 0.3 is 0 Å². The number of anilines is 1. The van der Waals surface area contributed by atoms with Gasteiger partial charge < -0.3 is 9.84 Å². The molecule has 3 aromatic carbocycles. The lowest BCUT2D eigenvalue weighted by Gasteiger charge is -2.29. The number of likely N-dealkylation sites (tertiary alicyclic amines) is 1. The second kappa shape index (κ2) is 8.01. The average molecular weight is 430 g/mol. The van der Waals surface area contributed by atoms with Gasteiger partial charge in [-0.15, -0.1) is 0 Å². The van der Waals surface area contributed by atoms with Gasteiger partial charge in [0.05, 0.1) is 25.4 Å².